The maximum Gasteiger partial charge on any atom is 0.223 e. The quantitative estimate of drug-likeness (QED) is 0.790. The van der Waals surface area contributed by atoms with Crippen LogP contribution in [0.15, 0.2) is 30.5 Å². The highest BCUT2D eigenvalue weighted by atomic mass is 32.1. The van der Waals surface area contributed by atoms with Gasteiger partial charge in [0.25, 0.3) is 0 Å². The van der Waals surface area contributed by atoms with Crippen LogP contribution >= 0.6 is 11.3 Å². The summed E-state index contributed by atoms with van der Waals surface area (Å²) in [4.78, 5) is 20.2. The van der Waals surface area contributed by atoms with Gasteiger partial charge in [-0.2, -0.15) is 0 Å². The average Bonchev–Trinajstić information content (AvgIpc) is 3.43. The Kier molecular flexibility index (Phi) is 5.74. The molecule has 1 aliphatic heterocycles. The Balaban J connectivity index is 1.29. The molecule has 1 aliphatic carbocycles. The zero-order valence-corrected chi connectivity index (χ0v) is 16.6. The zero-order chi connectivity index (χ0) is 18.6. The fraction of sp³-hybridized carbons (Fsp3) is 0.524. The number of nitrogens with one attached hydrogen (secondary N) is 1. The zero-order valence-electron chi connectivity index (χ0n) is 15.8. The number of ether oxygens (including phenoxy) is 1. The molecule has 2 fully saturated rings. The topological polar surface area (TPSA) is 54.5 Å². The molecule has 1 aromatic carbocycles. The maximum absolute atomic E-state index is 12.3. The molecule has 6 heteroatoms. The lowest BCUT2D eigenvalue weighted by atomic mass is 10.1. The van der Waals surface area contributed by atoms with Crippen LogP contribution in [0.2, 0.25) is 0 Å². The molecule has 0 bridgehead atoms. The van der Waals surface area contributed by atoms with E-state index in [2.05, 4.69) is 15.2 Å². The van der Waals surface area contributed by atoms with Crippen LogP contribution in [0.5, 0.6) is 5.75 Å². The number of nitrogens with zero attached hydrogens (tertiary/aromatic N) is 2. The standard InChI is InChI=1S/C21H27N3O2S/c1-26-19-9-5-4-8-18(19)21-23-13-17(27-21)12-22-11-15-10-20(25)24(14-15)16-6-2-3-7-16/h4-5,8-9,13,15-16,22H,2-3,6-7,10-12,14H2,1H3. The van der Waals surface area contributed by atoms with E-state index in [1.165, 1.54) is 30.6 Å². The summed E-state index contributed by atoms with van der Waals surface area (Å²) in [6.45, 7) is 2.60. The minimum atomic E-state index is 0.352. The van der Waals surface area contributed by atoms with Gasteiger partial charge in [-0.3, -0.25) is 4.79 Å². The third kappa shape index (κ3) is 4.17. The lowest BCUT2D eigenvalue weighted by Gasteiger charge is -2.24. The maximum atomic E-state index is 12.3. The van der Waals surface area contributed by atoms with Crippen molar-refractivity contribution in [2.45, 2.75) is 44.7 Å². The molecule has 1 unspecified atom stereocenters. The summed E-state index contributed by atoms with van der Waals surface area (Å²) >= 11 is 1.69. The number of aromatic nitrogens is 1. The first kappa shape index (κ1) is 18.4. The van der Waals surface area contributed by atoms with Crippen molar-refractivity contribution < 1.29 is 9.53 Å². The van der Waals surface area contributed by atoms with Crippen molar-refractivity contribution in [2.75, 3.05) is 20.2 Å². The van der Waals surface area contributed by atoms with Gasteiger partial charge in [0.05, 0.1) is 12.7 Å². The molecule has 0 radical (unpaired) electrons. The Bertz CT molecular complexity index is 785. The van der Waals surface area contributed by atoms with Crippen molar-refractivity contribution in [3.8, 4) is 16.3 Å². The van der Waals surface area contributed by atoms with Crippen LogP contribution in [0, 0.1) is 5.92 Å². The van der Waals surface area contributed by atoms with Crippen molar-refractivity contribution >= 4 is 17.2 Å². The highest BCUT2D eigenvalue weighted by molar-refractivity contribution is 7.15. The lowest BCUT2D eigenvalue weighted by molar-refractivity contribution is -0.129. The minimum absolute atomic E-state index is 0.352. The van der Waals surface area contributed by atoms with Gasteiger partial charge in [-0.1, -0.05) is 25.0 Å². The van der Waals surface area contributed by atoms with Gasteiger partial charge < -0.3 is 15.0 Å². The summed E-state index contributed by atoms with van der Waals surface area (Å²) in [5.41, 5.74) is 1.03. The molecule has 1 amide bonds. The molecular formula is C21H27N3O2S. The monoisotopic (exact) mass is 385 g/mol. The van der Waals surface area contributed by atoms with Crippen molar-refractivity contribution in [1.82, 2.24) is 15.2 Å². The Morgan fingerprint density at radius 3 is 2.93 bits per heavy atom. The number of carbonyl (C=O) groups is 1. The Labute approximate surface area is 164 Å². The van der Waals surface area contributed by atoms with E-state index in [9.17, 15) is 4.79 Å². The predicted molar refractivity (Wildman–Crippen MR) is 108 cm³/mol. The smallest absolute Gasteiger partial charge is 0.223 e. The van der Waals surface area contributed by atoms with Crippen molar-refractivity contribution in [3.05, 3.63) is 35.3 Å². The van der Waals surface area contributed by atoms with Gasteiger partial charge >= 0.3 is 0 Å². The molecule has 1 saturated heterocycles. The van der Waals surface area contributed by atoms with E-state index in [1.807, 2.05) is 30.5 Å². The number of para-hydroxylation sites is 1. The molecule has 2 aromatic rings. The summed E-state index contributed by atoms with van der Waals surface area (Å²) in [5, 5.41) is 4.51. The van der Waals surface area contributed by atoms with Crippen molar-refractivity contribution in [1.29, 1.82) is 0 Å². The number of hydrogen-bond donors (Lipinski definition) is 1. The SMILES string of the molecule is COc1ccccc1-c1ncc(CNCC2CC(=O)N(C3CCCC3)C2)s1. The van der Waals surface area contributed by atoms with Crippen LogP contribution in [0.1, 0.15) is 37.0 Å². The Hall–Kier alpha value is -1.92. The third-order valence-corrected chi connectivity index (χ3v) is 6.66. The summed E-state index contributed by atoms with van der Waals surface area (Å²) in [6, 6.07) is 8.48. The average molecular weight is 386 g/mol. The number of rotatable bonds is 7. The fourth-order valence-corrected chi connectivity index (χ4v) is 5.16. The van der Waals surface area contributed by atoms with E-state index < -0.39 is 0 Å². The molecule has 2 heterocycles. The van der Waals surface area contributed by atoms with E-state index in [0.717, 1.165) is 36.0 Å². The van der Waals surface area contributed by atoms with Gasteiger partial charge in [0.15, 0.2) is 0 Å². The van der Waals surface area contributed by atoms with E-state index in [0.29, 0.717) is 24.3 Å². The molecule has 1 N–H and O–H groups in total. The van der Waals surface area contributed by atoms with E-state index >= 15 is 0 Å². The summed E-state index contributed by atoms with van der Waals surface area (Å²) < 4.78 is 5.43. The number of amides is 1. The number of likely N-dealkylation sites (tertiary alicyclic amines) is 1. The molecule has 144 valence electrons. The fourth-order valence-electron chi connectivity index (χ4n) is 4.25. The predicted octanol–water partition coefficient (Wildman–Crippen LogP) is 3.70. The lowest BCUT2D eigenvalue weighted by Crippen LogP contribution is -2.35. The minimum Gasteiger partial charge on any atom is -0.496 e. The van der Waals surface area contributed by atoms with Gasteiger partial charge in [-0.25, -0.2) is 4.98 Å². The summed E-state index contributed by atoms with van der Waals surface area (Å²) in [5.74, 6) is 1.63. The molecule has 1 atom stereocenters. The Morgan fingerprint density at radius 2 is 2.11 bits per heavy atom. The summed E-state index contributed by atoms with van der Waals surface area (Å²) in [7, 11) is 1.69. The molecule has 2 aliphatic rings. The second kappa shape index (κ2) is 8.40. The second-order valence-corrected chi connectivity index (χ2v) is 8.63. The second-order valence-electron chi connectivity index (χ2n) is 7.52. The molecule has 1 saturated carbocycles. The molecule has 5 nitrogen and oxygen atoms in total. The highest BCUT2D eigenvalue weighted by Gasteiger charge is 2.35. The number of methoxy groups -OCH3 is 1. The molecular weight excluding hydrogens is 358 g/mol. The van der Waals surface area contributed by atoms with Crippen molar-refractivity contribution in [3.63, 3.8) is 0 Å². The number of carbonyl (C=O) groups excluding carboxylic acids is 1. The van der Waals surface area contributed by atoms with E-state index in [-0.39, 0.29) is 0 Å². The Morgan fingerprint density at radius 1 is 1.30 bits per heavy atom. The number of thiazole rings is 1. The van der Waals surface area contributed by atoms with Crippen LogP contribution < -0.4 is 10.1 Å². The number of hydrogen-bond acceptors (Lipinski definition) is 5. The van der Waals surface area contributed by atoms with Gasteiger partial charge in [-0.15, -0.1) is 11.3 Å². The van der Waals surface area contributed by atoms with E-state index in [4.69, 9.17) is 4.74 Å². The molecule has 0 spiro atoms. The molecule has 27 heavy (non-hydrogen) atoms. The van der Waals surface area contributed by atoms with Crippen LogP contribution in [-0.4, -0.2) is 42.0 Å². The molecule has 1 aromatic heterocycles. The summed E-state index contributed by atoms with van der Waals surface area (Å²) in [6.07, 6.45) is 7.56. The first-order valence-corrected chi connectivity index (χ1v) is 10.6. The third-order valence-electron chi connectivity index (χ3n) is 5.63. The van der Waals surface area contributed by atoms with Crippen LogP contribution in [0.25, 0.3) is 10.6 Å². The van der Waals surface area contributed by atoms with Gasteiger partial charge in [0.2, 0.25) is 5.91 Å². The van der Waals surface area contributed by atoms with Gasteiger partial charge in [-0.05, 0) is 30.9 Å². The van der Waals surface area contributed by atoms with Gasteiger partial charge in [0, 0.05) is 43.2 Å². The first-order chi connectivity index (χ1) is 13.2. The molecule has 4 rings (SSSR count). The van der Waals surface area contributed by atoms with Gasteiger partial charge in [0.1, 0.15) is 10.8 Å². The highest BCUT2D eigenvalue weighted by Crippen LogP contribution is 2.33. The van der Waals surface area contributed by atoms with Crippen LogP contribution in [-0.2, 0) is 11.3 Å². The number of benzene rings is 1. The van der Waals surface area contributed by atoms with Crippen molar-refractivity contribution in [2.24, 2.45) is 5.92 Å². The van der Waals surface area contributed by atoms with Crippen LogP contribution in [0.4, 0.5) is 0 Å². The first-order valence-electron chi connectivity index (χ1n) is 9.83. The largest absolute Gasteiger partial charge is 0.496 e. The van der Waals surface area contributed by atoms with Crippen LogP contribution in [0.3, 0.4) is 0 Å². The van der Waals surface area contributed by atoms with E-state index in [1.54, 1.807) is 18.4 Å². The normalized spacial score (nSPS) is 20.6.